The van der Waals surface area contributed by atoms with E-state index in [0.717, 1.165) is 16.7 Å². The third-order valence-corrected chi connectivity index (χ3v) is 2.84. The van der Waals surface area contributed by atoms with Crippen molar-refractivity contribution in [2.75, 3.05) is 10.5 Å². The molecule has 81 valence electrons. The molecule has 1 unspecified atom stereocenters. The third-order valence-electron chi connectivity index (χ3n) is 2.46. The van der Waals surface area contributed by atoms with Gasteiger partial charge in [0.1, 0.15) is 0 Å². The molecule has 15 heavy (non-hydrogen) atoms. The number of hydrogen-bond donors (Lipinski definition) is 2. The Balaban J connectivity index is 0.00000196. The van der Waals surface area contributed by atoms with E-state index in [-0.39, 0.29) is 32.7 Å². The molecule has 0 saturated carbocycles. The average molecular weight is 302 g/mol. The van der Waals surface area contributed by atoms with Gasteiger partial charge in [0.15, 0.2) is 0 Å². The number of anilines is 2. The normalized spacial score (nSPS) is 11.7. The second-order valence-electron chi connectivity index (χ2n) is 3.23. The fourth-order valence-electron chi connectivity index (χ4n) is 1.27. The van der Waals surface area contributed by atoms with Gasteiger partial charge in [0, 0.05) is 49.7 Å². The quantitative estimate of drug-likeness (QED) is 0.640. The van der Waals surface area contributed by atoms with Crippen molar-refractivity contribution < 1.29 is 41.5 Å². The van der Waals surface area contributed by atoms with Gasteiger partial charge in [0.2, 0.25) is 0 Å². The van der Waals surface area contributed by atoms with E-state index in [1.807, 2.05) is 20.8 Å². The first kappa shape index (κ1) is 15.0. The SMILES string of the molecule is Cc1c(N)cc(NS(=O)[O-])c(C)c1C.[Y]. The number of nitrogens with two attached hydrogens (primary N) is 1. The summed E-state index contributed by atoms with van der Waals surface area (Å²) in [4.78, 5) is 0. The van der Waals surface area contributed by atoms with E-state index < -0.39 is 11.3 Å². The van der Waals surface area contributed by atoms with Crippen LogP contribution in [-0.4, -0.2) is 8.76 Å². The van der Waals surface area contributed by atoms with Gasteiger partial charge in [-0.25, -0.2) is 0 Å². The summed E-state index contributed by atoms with van der Waals surface area (Å²) in [6.07, 6.45) is 0. The zero-order valence-corrected chi connectivity index (χ0v) is 12.6. The third kappa shape index (κ3) is 3.52. The van der Waals surface area contributed by atoms with Crippen molar-refractivity contribution in [3.63, 3.8) is 0 Å². The Bertz CT molecular complexity index is 396. The number of hydrogen-bond acceptors (Lipinski definition) is 3. The number of nitrogens with one attached hydrogen (secondary N) is 1. The van der Waals surface area contributed by atoms with E-state index in [1.54, 1.807) is 6.07 Å². The molecule has 1 radical (unpaired) electrons. The maximum absolute atomic E-state index is 10.5. The largest absolute Gasteiger partial charge is 0.755 e. The summed E-state index contributed by atoms with van der Waals surface area (Å²) in [5, 5.41) is 0. The predicted molar refractivity (Wildman–Crippen MR) is 57.6 cm³/mol. The average Bonchev–Trinajstić information content (AvgIpc) is 2.10. The molecule has 1 aromatic carbocycles. The van der Waals surface area contributed by atoms with E-state index >= 15 is 0 Å². The summed E-state index contributed by atoms with van der Waals surface area (Å²) in [5.41, 5.74) is 9.77. The maximum Gasteiger partial charge on any atom is 0.0504 e. The minimum absolute atomic E-state index is 0. The molecule has 6 heteroatoms. The smallest absolute Gasteiger partial charge is 0.0504 e. The van der Waals surface area contributed by atoms with Crippen LogP contribution in [0.15, 0.2) is 6.07 Å². The van der Waals surface area contributed by atoms with Crippen LogP contribution in [-0.2, 0) is 44.0 Å². The van der Waals surface area contributed by atoms with Gasteiger partial charge in [-0.3, -0.25) is 4.21 Å². The molecule has 0 fully saturated rings. The van der Waals surface area contributed by atoms with E-state index in [4.69, 9.17) is 5.73 Å². The summed E-state index contributed by atoms with van der Waals surface area (Å²) in [5.74, 6) is 0. The molecule has 1 atom stereocenters. The fourth-order valence-corrected chi connectivity index (χ4v) is 1.66. The number of benzene rings is 1. The molecule has 3 N–H and O–H groups in total. The molecule has 1 rings (SSSR count). The van der Waals surface area contributed by atoms with Gasteiger partial charge in [0.25, 0.3) is 0 Å². The minimum atomic E-state index is -2.31. The van der Waals surface area contributed by atoms with Crippen LogP contribution in [0.4, 0.5) is 11.4 Å². The predicted octanol–water partition coefficient (Wildman–Crippen LogP) is 1.40. The van der Waals surface area contributed by atoms with Gasteiger partial charge in [-0.2, -0.15) is 0 Å². The van der Waals surface area contributed by atoms with Crippen molar-refractivity contribution >= 4 is 22.6 Å². The molecule has 0 amide bonds. The molecule has 0 aliphatic rings. The Morgan fingerprint density at radius 1 is 1.27 bits per heavy atom. The van der Waals surface area contributed by atoms with Crippen molar-refractivity contribution in [2.24, 2.45) is 0 Å². The molecule has 4 nitrogen and oxygen atoms in total. The first-order valence-electron chi connectivity index (χ1n) is 4.15. The molecule has 0 aliphatic heterocycles. The van der Waals surface area contributed by atoms with E-state index in [2.05, 4.69) is 4.72 Å². The molecule has 0 aromatic heterocycles. The van der Waals surface area contributed by atoms with Crippen LogP contribution in [0.1, 0.15) is 16.7 Å². The van der Waals surface area contributed by atoms with Gasteiger partial charge < -0.3 is 15.0 Å². The van der Waals surface area contributed by atoms with Gasteiger partial charge in [-0.05, 0) is 43.5 Å². The molecule has 1 aromatic rings. The van der Waals surface area contributed by atoms with Gasteiger partial charge in [-0.15, -0.1) is 0 Å². The zero-order chi connectivity index (χ0) is 10.9. The molecule has 0 bridgehead atoms. The Labute approximate surface area is 117 Å². The zero-order valence-electron chi connectivity index (χ0n) is 8.96. The van der Waals surface area contributed by atoms with Crippen molar-refractivity contribution in [1.82, 2.24) is 0 Å². The topological polar surface area (TPSA) is 78.2 Å². The van der Waals surface area contributed by atoms with Crippen molar-refractivity contribution in [2.45, 2.75) is 20.8 Å². The van der Waals surface area contributed by atoms with Crippen LogP contribution in [0.5, 0.6) is 0 Å². The first-order valence-corrected chi connectivity index (χ1v) is 5.23. The summed E-state index contributed by atoms with van der Waals surface area (Å²) in [6.45, 7) is 5.69. The number of rotatable bonds is 2. The van der Waals surface area contributed by atoms with Gasteiger partial charge >= 0.3 is 0 Å². The van der Waals surface area contributed by atoms with E-state index in [9.17, 15) is 8.76 Å². The van der Waals surface area contributed by atoms with Crippen LogP contribution >= 0.6 is 0 Å². The van der Waals surface area contributed by atoms with E-state index in [1.165, 1.54) is 0 Å². The van der Waals surface area contributed by atoms with Gasteiger partial charge in [-0.1, -0.05) is 0 Å². The van der Waals surface area contributed by atoms with Crippen LogP contribution in [0.2, 0.25) is 0 Å². The fraction of sp³-hybridized carbons (Fsp3) is 0.333. The van der Waals surface area contributed by atoms with Crippen LogP contribution in [0, 0.1) is 20.8 Å². The Kier molecular flexibility index (Phi) is 5.95. The second-order valence-corrected chi connectivity index (χ2v) is 3.90. The molecular weight excluding hydrogens is 289 g/mol. The molecule has 0 saturated heterocycles. The monoisotopic (exact) mass is 302 g/mol. The summed E-state index contributed by atoms with van der Waals surface area (Å²) in [7, 11) is 0. The molecular formula is C9H13N2O2SY-. The van der Waals surface area contributed by atoms with Crippen LogP contribution < -0.4 is 10.5 Å². The Morgan fingerprint density at radius 3 is 2.27 bits per heavy atom. The van der Waals surface area contributed by atoms with Crippen molar-refractivity contribution in [1.29, 1.82) is 0 Å². The Hall–Kier alpha value is 0.0339. The summed E-state index contributed by atoms with van der Waals surface area (Å²) >= 11 is -2.31. The van der Waals surface area contributed by atoms with Crippen molar-refractivity contribution in [3.05, 3.63) is 22.8 Å². The maximum atomic E-state index is 10.5. The Morgan fingerprint density at radius 2 is 1.80 bits per heavy atom. The molecule has 0 heterocycles. The second kappa shape index (κ2) is 5.94. The summed E-state index contributed by atoms with van der Waals surface area (Å²) in [6, 6.07) is 1.63. The number of nitrogen functional groups attached to an aromatic ring is 1. The first-order chi connectivity index (χ1) is 6.43. The standard InChI is InChI=1S/C9H14N2O2S.Y/c1-5-6(2)8(10)4-9(7(5)3)11-14(12)13;/h4,11H,10H2,1-3H3,(H,12,13);/p-1. The van der Waals surface area contributed by atoms with Crippen LogP contribution in [0.25, 0.3) is 0 Å². The molecule has 0 spiro atoms. The van der Waals surface area contributed by atoms with Crippen LogP contribution in [0.3, 0.4) is 0 Å². The van der Waals surface area contributed by atoms with Gasteiger partial charge in [0.05, 0.1) is 5.69 Å². The minimum Gasteiger partial charge on any atom is -0.755 e. The van der Waals surface area contributed by atoms with Crippen molar-refractivity contribution in [3.8, 4) is 0 Å². The summed E-state index contributed by atoms with van der Waals surface area (Å²) < 4.78 is 23.3. The van der Waals surface area contributed by atoms with E-state index in [0.29, 0.717) is 11.4 Å². The molecule has 0 aliphatic carbocycles.